The highest BCUT2D eigenvalue weighted by molar-refractivity contribution is 7.92. The van der Waals surface area contributed by atoms with Gasteiger partial charge in [-0.2, -0.15) is 0 Å². The molecule has 0 heterocycles. The summed E-state index contributed by atoms with van der Waals surface area (Å²) in [7, 11) is -3.24. The van der Waals surface area contributed by atoms with E-state index in [-0.39, 0.29) is 12.2 Å². The van der Waals surface area contributed by atoms with Crippen LogP contribution in [0.5, 0.6) is 0 Å². The summed E-state index contributed by atoms with van der Waals surface area (Å²) in [6, 6.07) is 0. The summed E-state index contributed by atoms with van der Waals surface area (Å²) in [5, 5.41) is 9.39. The van der Waals surface area contributed by atoms with Gasteiger partial charge in [-0.3, -0.25) is 4.79 Å². The zero-order valence-electron chi connectivity index (χ0n) is 11.7. The van der Waals surface area contributed by atoms with Crippen LogP contribution in [0.3, 0.4) is 0 Å². The van der Waals surface area contributed by atoms with Crippen molar-refractivity contribution in [3.05, 3.63) is 0 Å². The average molecular weight is 276 g/mol. The van der Waals surface area contributed by atoms with Gasteiger partial charge < -0.3 is 5.11 Å². The topological polar surface area (TPSA) is 71.4 Å². The highest BCUT2D eigenvalue weighted by Crippen LogP contribution is 2.45. The maximum atomic E-state index is 12.1. The number of rotatable bonds is 4. The van der Waals surface area contributed by atoms with Crippen molar-refractivity contribution in [1.29, 1.82) is 0 Å². The Hall–Kier alpha value is -0.580. The van der Waals surface area contributed by atoms with Crippen molar-refractivity contribution in [2.75, 3.05) is 5.75 Å². The van der Waals surface area contributed by atoms with Crippen molar-refractivity contribution >= 4 is 15.8 Å². The van der Waals surface area contributed by atoms with Crippen molar-refractivity contribution in [3.63, 3.8) is 0 Å². The first-order valence-electron chi connectivity index (χ1n) is 6.46. The van der Waals surface area contributed by atoms with Gasteiger partial charge in [-0.15, -0.1) is 0 Å². The quantitative estimate of drug-likeness (QED) is 0.856. The first-order valence-corrected chi connectivity index (χ1v) is 8.11. The summed E-state index contributed by atoms with van der Waals surface area (Å²) in [5.74, 6) is -0.496. The maximum absolute atomic E-state index is 12.1. The molecule has 2 atom stereocenters. The van der Waals surface area contributed by atoms with E-state index >= 15 is 0 Å². The summed E-state index contributed by atoms with van der Waals surface area (Å²) < 4.78 is 23.3. The molecular weight excluding hydrogens is 252 g/mol. The lowest BCUT2D eigenvalue weighted by molar-refractivity contribution is -0.148. The van der Waals surface area contributed by atoms with Crippen LogP contribution >= 0.6 is 0 Å². The Morgan fingerprint density at radius 1 is 1.39 bits per heavy atom. The molecular formula is C13H24O4S. The molecule has 0 radical (unpaired) electrons. The van der Waals surface area contributed by atoms with Crippen molar-refractivity contribution in [1.82, 2.24) is 0 Å². The Bertz CT molecular complexity index is 419. The summed E-state index contributed by atoms with van der Waals surface area (Å²) in [4.78, 5) is 11.4. The van der Waals surface area contributed by atoms with Gasteiger partial charge in [0.1, 0.15) is 0 Å². The molecule has 0 aromatic rings. The van der Waals surface area contributed by atoms with Gasteiger partial charge >= 0.3 is 5.97 Å². The monoisotopic (exact) mass is 276 g/mol. The van der Waals surface area contributed by atoms with Crippen LogP contribution in [0.4, 0.5) is 0 Å². The van der Waals surface area contributed by atoms with E-state index in [2.05, 4.69) is 0 Å². The second kappa shape index (κ2) is 4.83. The minimum atomic E-state index is -3.24. The van der Waals surface area contributed by atoms with Gasteiger partial charge in [0.05, 0.1) is 15.9 Å². The highest BCUT2D eigenvalue weighted by Gasteiger charge is 2.45. The molecule has 1 fully saturated rings. The van der Waals surface area contributed by atoms with Crippen molar-refractivity contribution in [3.8, 4) is 0 Å². The molecule has 0 aromatic heterocycles. The van der Waals surface area contributed by atoms with E-state index < -0.39 is 26.0 Å². The minimum absolute atomic E-state index is 0.0322. The van der Waals surface area contributed by atoms with E-state index in [1.54, 1.807) is 20.8 Å². The van der Waals surface area contributed by atoms with Crippen LogP contribution in [-0.2, 0) is 14.6 Å². The Morgan fingerprint density at radius 2 is 1.94 bits per heavy atom. The number of hydrogen-bond donors (Lipinski definition) is 1. The first-order chi connectivity index (χ1) is 8.00. The summed E-state index contributed by atoms with van der Waals surface area (Å²) in [6.45, 7) is 7.01. The Labute approximate surface area is 110 Å². The van der Waals surface area contributed by atoms with Crippen LogP contribution in [0, 0.1) is 11.3 Å². The predicted octanol–water partition coefficient (Wildman–Crippen LogP) is 2.48. The Balaban J connectivity index is 2.81. The fraction of sp³-hybridized carbons (Fsp3) is 0.923. The lowest BCUT2D eigenvalue weighted by Gasteiger charge is -2.26. The Kier molecular flexibility index (Phi) is 4.16. The van der Waals surface area contributed by atoms with Gasteiger partial charge in [-0.25, -0.2) is 8.42 Å². The number of aliphatic carboxylic acids is 1. The smallest absolute Gasteiger partial charge is 0.309 e. The normalized spacial score (nSPS) is 29.4. The molecule has 1 rings (SSSR count). The van der Waals surface area contributed by atoms with Crippen LogP contribution in [0.2, 0.25) is 0 Å². The van der Waals surface area contributed by atoms with Crippen molar-refractivity contribution in [2.24, 2.45) is 11.3 Å². The lowest BCUT2D eigenvalue weighted by atomic mass is 9.83. The molecule has 0 saturated heterocycles. The van der Waals surface area contributed by atoms with E-state index in [0.717, 1.165) is 6.42 Å². The van der Waals surface area contributed by atoms with E-state index in [0.29, 0.717) is 18.8 Å². The van der Waals surface area contributed by atoms with E-state index in [1.165, 1.54) is 0 Å². The fourth-order valence-corrected chi connectivity index (χ4v) is 3.83. The van der Waals surface area contributed by atoms with Crippen LogP contribution in [0.25, 0.3) is 0 Å². The second-order valence-corrected chi connectivity index (χ2v) is 9.48. The number of hydrogen-bond acceptors (Lipinski definition) is 3. The number of sulfone groups is 1. The molecule has 0 aromatic carbocycles. The highest BCUT2D eigenvalue weighted by atomic mass is 32.2. The summed E-state index contributed by atoms with van der Waals surface area (Å²) in [5.41, 5.74) is -0.822. The number of carboxylic acids is 1. The average Bonchev–Trinajstić information content (AvgIpc) is 2.57. The standard InChI is InChI=1S/C13H24O4S/c1-10-5-6-13(9-10,11(14)15)7-8-18(16,17)12(2,3)4/h10H,5-9H2,1-4H3,(H,14,15). The molecule has 1 N–H and O–H groups in total. The van der Waals surface area contributed by atoms with E-state index in [1.807, 2.05) is 6.92 Å². The molecule has 0 amide bonds. The van der Waals surface area contributed by atoms with E-state index in [9.17, 15) is 18.3 Å². The molecule has 18 heavy (non-hydrogen) atoms. The zero-order chi connectivity index (χ0) is 14.2. The summed E-state index contributed by atoms with van der Waals surface area (Å²) >= 11 is 0. The van der Waals surface area contributed by atoms with Crippen molar-refractivity contribution < 1.29 is 18.3 Å². The molecule has 1 aliphatic carbocycles. The molecule has 2 unspecified atom stereocenters. The van der Waals surface area contributed by atoms with E-state index in [4.69, 9.17) is 0 Å². The maximum Gasteiger partial charge on any atom is 0.309 e. The third-order valence-electron chi connectivity index (χ3n) is 4.09. The Morgan fingerprint density at radius 3 is 2.28 bits per heavy atom. The molecule has 0 bridgehead atoms. The predicted molar refractivity (Wildman–Crippen MR) is 71.2 cm³/mol. The van der Waals surface area contributed by atoms with Gasteiger partial charge in [-0.1, -0.05) is 6.92 Å². The van der Waals surface area contributed by atoms with Crippen molar-refractivity contribution in [2.45, 2.75) is 58.1 Å². The van der Waals surface area contributed by atoms with Gasteiger partial charge in [0.25, 0.3) is 0 Å². The molecule has 4 nitrogen and oxygen atoms in total. The van der Waals surface area contributed by atoms with Gasteiger partial charge in [0.15, 0.2) is 9.84 Å². The molecule has 106 valence electrons. The molecule has 5 heteroatoms. The second-order valence-electron chi connectivity index (χ2n) is 6.61. The van der Waals surface area contributed by atoms with Gasteiger partial charge in [0, 0.05) is 0 Å². The SMILES string of the molecule is CC1CCC(CCS(=O)(=O)C(C)(C)C)(C(=O)O)C1. The summed E-state index contributed by atoms with van der Waals surface area (Å²) in [6.07, 6.45) is 2.32. The van der Waals surface area contributed by atoms with Gasteiger partial charge in [0.2, 0.25) is 0 Å². The largest absolute Gasteiger partial charge is 0.481 e. The van der Waals surface area contributed by atoms with Crippen LogP contribution < -0.4 is 0 Å². The van der Waals surface area contributed by atoms with Gasteiger partial charge in [-0.05, 0) is 52.4 Å². The zero-order valence-corrected chi connectivity index (χ0v) is 12.5. The van der Waals surface area contributed by atoms with Crippen LogP contribution in [-0.4, -0.2) is 30.0 Å². The minimum Gasteiger partial charge on any atom is -0.481 e. The molecule has 1 aliphatic rings. The molecule has 1 saturated carbocycles. The third-order valence-corrected chi connectivity index (χ3v) is 6.70. The first kappa shape index (κ1) is 15.5. The molecule has 0 spiro atoms. The number of carbonyl (C=O) groups is 1. The molecule has 0 aliphatic heterocycles. The fourth-order valence-electron chi connectivity index (χ4n) is 2.56. The third kappa shape index (κ3) is 3.05. The number of carboxylic acid groups (broad SMARTS) is 1. The van der Waals surface area contributed by atoms with Crippen LogP contribution in [0.15, 0.2) is 0 Å². The van der Waals surface area contributed by atoms with Crippen LogP contribution in [0.1, 0.15) is 53.4 Å². The lowest BCUT2D eigenvalue weighted by Crippen LogP contribution is -2.36.